The van der Waals surface area contributed by atoms with Crippen molar-refractivity contribution in [2.45, 2.75) is 18.7 Å². The van der Waals surface area contributed by atoms with E-state index < -0.39 is 23.6 Å². The maximum atomic E-state index is 14.2. The first-order valence-electron chi connectivity index (χ1n) is 9.74. The van der Waals surface area contributed by atoms with Crippen LogP contribution in [0.1, 0.15) is 13.8 Å². The van der Waals surface area contributed by atoms with Gasteiger partial charge in [-0.3, -0.25) is 13.6 Å². The van der Waals surface area contributed by atoms with E-state index >= 15 is 0 Å². The van der Waals surface area contributed by atoms with Crippen LogP contribution in [0.25, 0.3) is 16.9 Å². The number of imidazole rings is 1. The predicted octanol–water partition coefficient (Wildman–Crippen LogP) is 4.80. The van der Waals surface area contributed by atoms with E-state index in [1.807, 2.05) is 4.49 Å². The fourth-order valence-corrected chi connectivity index (χ4v) is 6.52. The van der Waals surface area contributed by atoms with Gasteiger partial charge in [0.2, 0.25) is 10.0 Å². The van der Waals surface area contributed by atoms with Crippen molar-refractivity contribution in [3.63, 3.8) is 0 Å². The van der Waals surface area contributed by atoms with Crippen LogP contribution in [0.3, 0.4) is 0 Å². The maximum absolute atomic E-state index is 14.2. The van der Waals surface area contributed by atoms with Gasteiger partial charge in [0.1, 0.15) is 6.33 Å². The lowest BCUT2D eigenvalue weighted by Crippen LogP contribution is -2.23. The predicted molar refractivity (Wildman–Crippen MR) is 122 cm³/mol. The monoisotopic (exact) mass is 517 g/mol. The topological polar surface area (TPSA) is 109 Å². The Kier molecular flexibility index (Phi) is 7.94. The van der Waals surface area contributed by atoms with E-state index in [4.69, 9.17) is 25.4 Å². The summed E-state index contributed by atoms with van der Waals surface area (Å²) in [5, 5.41) is 0.132. The van der Waals surface area contributed by atoms with Gasteiger partial charge in [0.05, 0.1) is 30.9 Å². The second-order valence-corrected chi connectivity index (χ2v) is 10.6. The fraction of sp³-hybridized carbons (Fsp3) is 0.250. The molecule has 13 heteroatoms. The number of hydrogen-bond acceptors (Lipinski definition) is 7. The third kappa shape index (κ3) is 5.63. The summed E-state index contributed by atoms with van der Waals surface area (Å²) in [6, 6.07) is 9.99. The van der Waals surface area contributed by atoms with Crippen LogP contribution in [-0.4, -0.2) is 38.3 Å². The molecule has 0 aliphatic carbocycles. The van der Waals surface area contributed by atoms with Gasteiger partial charge in [-0.05, 0) is 56.3 Å². The van der Waals surface area contributed by atoms with Crippen molar-refractivity contribution in [3.05, 3.63) is 59.8 Å². The molecule has 3 rings (SSSR count). The minimum Gasteiger partial charge on any atom is -0.494 e. The first-order valence-corrected chi connectivity index (χ1v) is 13.1. The Hall–Kier alpha value is -2.27. The van der Waals surface area contributed by atoms with Crippen molar-refractivity contribution < 1.29 is 31.2 Å². The number of aromatic nitrogens is 2. The Bertz CT molecular complexity index is 1270. The summed E-state index contributed by atoms with van der Waals surface area (Å²) in [4.78, 5) is 3.92. The molecule has 178 valence electrons. The summed E-state index contributed by atoms with van der Waals surface area (Å²) in [5.74, 6) is -0.487. The number of ether oxygens (including phenoxy) is 1. The van der Waals surface area contributed by atoms with Crippen molar-refractivity contribution in [2.75, 3.05) is 20.3 Å². The van der Waals surface area contributed by atoms with Crippen molar-refractivity contribution in [1.29, 1.82) is 0 Å². The van der Waals surface area contributed by atoms with Gasteiger partial charge < -0.3 is 4.74 Å². The Labute approximate surface area is 196 Å². The van der Waals surface area contributed by atoms with Crippen LogP contribution in [0.5, 0.6) is 5.75 Å². The van der Waals surface area contributed by atoms with Gasteiger partial charge in [-0.15, -0.1) is 4.49 Å². The van der Waals surface area contributed by atoms with Crippen LogP contribution < -0.4 is 9.23 Å². The molecule has 0 bridgehead atoms. The lowest BCUT2D eigenvalue weighted by atomic mass is 10.1. The maximum Gasteiger partial charge on any atom is 0.419 e. The third-order valence-electron chi connectivity index (χ3n) is 4.40. The SMILES string of the molecule is CCOP(=O)(NS(=O)(=O)c1ccc(-n2cnc(Cl)c2-c2ccc(OC)c(F)c2)cc1)OCC. The third-order valence-corrected chi connectivity index (χ3v) is 8.62. The number of rotatable bonds is 10. The van der Waals surface area contributed by atoms with Gasteiger partial charge in [-0.1, -0.05) is 11.6 Å². The first kappa shape index (κ1) is 25.4. The molecule has 0 unspecified atom stereocenters. The highest BCUT2D eigenvalue weighted by atomic mass is 35.5. The van der Waals surface area contributed by atoms with E-state index in [9.17, 15) is 17.4 Å². The van der Waals surface area contributed by atoms with Crippen LogP contribution in [0.2, 0.25) is 5.15 Å². The van der Waals surface area contributed by atoms with Crippen LogP contribution in [0.4, 0.5) is 4.39 Å². The minimum absolute atomic E-state index is 0.00510. The molecule has 0 aliphatic rings. The van der Waals surface area contributed by atoms with E-state index in [-0.39, 0.29) is 29.0 Å². The quantitative estimate of drug-likeness (QED) is 0.385. The average Bonchev–Trinajstić information content (AvgIpc) is 3.15. The molecule has 1 aromatic heterocycles. The highest BCUT2D eigenvalue weighted by Gasteiger charge is 2.31. The van der Waals surface area contributed by atoms with Crippen molar-refractivity contribution in [1.82, 2.24) is 14.0 Å². The number of halogens is 2. The molecule has 3 aromatic rings. The standard InChI is InChI=1S/C20H22ClFN3O6PS/c1-4-30-32(26,31-5-2)24-33(27,28)16-9-7-15(8-10-16)25-13-23-20(21)19(25)14-6-11-18(29-3)17(22)12-14/h6-13H,4-5H2,1-3H3,(H,24,26). The van der Waals surface area contributed by atoms with E-state index in [1.165, 1.54) is 49.8 Å². The number of nitrogens with zero attached hydrogens (tertiary/aromatic N) is 2. The summed E-state index contributed by atoms with van der Waals surface area (Å²) in [6.45, 7) is 3.12. The van der Waals surface area contributed by atoms with E-state index in [2.05, 4.69) is 4.98 Å². The minimum atomic E-state index is -4.21. The van der Waals surface area contributed by atoms with Gasteiger partial charge in [0, 0.05) is 11.3 Å². The number of methoxy groups -OCH3 is 1. The van der Waals surface area contributed by atoms with Crippen LogP contribution >= 0.6 is 19.3 Å². The lowest BCUT2D eigenvalue weighted by molar-refractivity contribution is 0.217. The van der Waals surface area contributed by atoms with Crippen LogP contribution in [-0.2, 0) is 23.6 Å². The van der Waals surface area contributed by atoms with E-state index in [0.29, 0.717) is 16.9 Å². The van der Waals surface area contributed by atoms with Gasteiger partial charge in [0.25, 0.3) is 0 Å². The Balaban J connectivity index is 1.94. The molecule has 0 atom stereocenters. The molecule has 0 radical (unpaired) electrons. The molecule has 9 nitrogen and oxygen atoms in total. The Morgan fingerprint density at radius 1 is 1.12 bits per heavy atom. The number of benzene rings is 2. The fourth-order valence-electron chi connectivity index (χ4n) is 3.01. The van der Waals surface area contributed by atoms with E-state index in [1.54, 1.807) is 24.5 Å². The second kappa shape index (κ2) is 10.3. The molecule has 0 fully saturated rings. The Morgan fingerprint density at radius 2 is 1.76 bits per heavy atom. The van der Waals surface area contributed by atoms with Crippen LogP contribution in [0, 0.1) is 5.82 Å². The molecule has 0 spiro atoms. The molecule has 0 amide bonds. The molecule has 1 N–H and O–H groups in total. The average molecular weight is 518 g/mol. The molecule has 2 aromatic carbocycles. The van der Waals surface area contributed by atoms with Gasteiger partial charge in [0.15, 0.2) is 16.7 Å². The highest BCUT2D eigenvalue weighted by Crippen LogP contribution is 2.45. The molecule has 0 saturated heterocycles. The summed E-state index contributed by atoms with van der Waals surface area (Å²) in [7, 11) is -6.90. The summed E-state index contributed by atoms with van der Waals surface area (Å²) in [6.07, 6.45) is 1.43. The number of nitrogens with one attached hydrogen (secondary N) is 1. The van der Waals surface area contributed by atoms with Gasteiger partial charge in [-0.25, -0.2) is 22.4 Å². The first-order chi connectivity index (χ1) is 15.6. The molecular formula is C20H22ClFN3O6PS. The zero-order valence-corrected chi connectivity index (χ0v) is 20.5. The van der Waals surface area contributed by atoms with Gasteiger partial charge >= 0.3 is 7.75 Å². The number of sulfonamides is 1. The summed E-state index contributed by atoms with van der Waals surface area (Å²) >= 11 is 6.24. The largest absolute Gasteiger partial charge is 0.494 e. The lowest BCUT2D eigenvalue weighted by Gasteiger charge is -2.18. The molecular weight excluding hydrogens is 496 g/mol. The molecule has 1 heterocycles. The molecule has 0 aliphatic heterocycles. The number of hydrogen-bond donors (Lipinski definition) is 1. The van der Waals surface area contributed by atoms with Crippen molar-refractivity contribution in [2.24, 2.45) is 0 Å². The van der Waals surface area contributed by atoms with Crippen LogP contribution in [0.15, 0.2) is 53.7 Å². The summed E-state index contributed by atoms with van der Waals surface area (Å²) < 4.78 is 70.7. The van der Waals surface area contributed by atoms with Crippen molar-refractivity contribution in [3.8, 4) is 22.7 Å². The Morgan fingerprint density at radius 3 is 2.30 bits per heavy atom. The van der Waals surface area contributed by atoms with E-state index in [0.717, 1.165) is 0 Å². The normalized spacial score (nSPS) is 12.2. The smallest absolute Gasteiger partial charge is 0.419 e. The van der Waals surface area contributed by atoms with Crippen molar-refractivity contribution >= 4 is 29.4 Å². The molecule has 33 heavy (non-hydrogen) atoms. The summed E-state index contributed by atoms with van der Waals surface area (Å²) in [5.41, 5.74) is 1.37. The zero-order chi connectivity index (χ0) is 24.2. The highest BCUT2D eigenvalue weighted by molar-refractivity contribution is 7.94. The zero-order valence-electron chi connectivity index (χ0n) is 18.0. The second-order valence-electron chi connectivity index (χ2n) is 6.52. The van der Waals surface area contributed by atoms with Gasteiger partial charge in [-0.2, -0.15) is 0 Å². The molecule has 0 saturated carbocycles.